The predicted molar refractivity (Wildman–Crippen MR) is 103 cm³/mol. The third-order valence-electron chi connectivity index (χ3n) is 5.46. The van der Waals surface area contributed by atoms with Gasteiger partial charge in [0.25, 0.3) is 5.91 Å². The lowest BCUT2D eigenvalue weighted by molar-refractivity contribution is 0.0747. The van der Waals surface area contributed by atoms with Crippen LogP contribution in [-0.2, 0) is 9.84 Å². The van der Waals surface area contributed by atoms with Crippen molar-refractivity contribution in [3.8, 4) is 0 Å². The van der Waals surface area contributed by atoms with Gasteiger partial charge in [0, 0.05) is 24.5 Å². The first-order chi connectivity index (χ1) is 12.2. The van der Waals surface area contributed by atoms with Crippen LogP contribution >= 0.6 is 0 Å². The van der Waals surface area contributed by atoms with E-state index >= 15 is 0 Å². The molecule has 2 atom stereocenters. The Morgan fingerprint density at radius 2 is 1.88 bits per heavy atom. The summed E-state index contributed by atoms with van der Waals surface area (Å²) in [5.41, 5.74) is 3.77. The highest BCUT2D eigenvalue weighted by Crippen LogP contribution is 2.27. The van der Waals surface area contributed by atoms with E-state index in [1.807, 2.05) is 38.1 Å². The first kappa shape index (κ1) is 18.7. The second kappa shape index (κ2) is 6.91. The summed E-state index contributed by atoms with van der Waals surface area (Å²) >= 11 is 0. The second-order valence-corrected chi connectivity index (χ2v) is 9.44. The molecule has 3 rings (SSSR count). The molecule has 1 aliphatic rings. The van der Waals surface area contributed by atoms with E-state index in [9.17, 15) is 13.2 Å². The molecule has 1 aromatic carbocycles. The Hall–Kier alpha value is -2.08. The van der Waals surface area contributed by atoms with E-state index in [2.05, 4.69) is 23.6 Å². The number of carbonyl (C=O) groups is 1. The van der Waals surface area contributed by atoms with Gasteiger partial charge in [-0.2, -0.15) is 0 Å². The standard InChI is InChI=1S/C20H26N2O3S/c1-14-12-19(20(23)21(4)18-10-11-26(24,25)13-18)16(3)22(14)15(2)17-8-6-5-7-9-17/h5-9,12,15,18H,10-11,13H2,1-4H3/t15-,18+/m0/s1. The van der Waals surface area contributed by atoms with Gasteiger partial charge in [0.05, 0.1) is 23.1 Å². The normalized spacial score (nSPS) is 20.1. The number of hydrogen-bond donors (Lipinski definition) is 0. The van der Waals surface area contributed by atoms with Crippen molar-refractivity contribution in [3.05, 3.63) is 58.9 Å². The maximum atomic E-state index is 13.0. The monoisotopic (exact) mass is 374 g/mol. The Labute approximate surface area is 155 Å². The van der Waals surface area contributed by atoms with Gasteiger partial charge >= 0.3 is 0 Å². The molecule has 1 aromatic heterocycles. The van der Waals surface area contributed by atoms with Crippen molar-refractivity contribution in [3.63, 3.8) is 0 Å². The summed E-state index contributed by atoms with van der Waals surface area (Å²) in [6.07, 6.45) is 0.518. The maximum Gasteiger partial charge on any atom is 0.255 e. The van der Waals surface area contributed by atoms with Crippen LogP contribution in [0.25, 0.3) is 0 Å². The van der Waals surface area contributed by atoms with E-state index in [1.54, 1.807) is 11.9 Å². The van der Waals surface area contributed by atoms with Gasteiger partial charge in [-0.25, -0.2) is 8.42 Å². The molecule has 140 valence electrons. The largest absolute Gasteiger partial charge is 0.341 e. The molecule has 0 bridgehead atoms. The van der Waals surface area contributed by atoms with E-state index in [0.717, 1.165) is 11.4 Å². The summed E-state index contributed by atoms with van der Waals surface area (Å²) in [6.45, 7) is 6.08. The lowest BCUT2D eigenvalue weighted by Crippen LogP contribution is -2.38. The zero-order valence-electron chi connectivity index (χ0n) is 15.8. The highest BCUT2D eigenvalue weighted by Gasteiger charge is 2.34. The lowest BCUT2D eigenvalue weighted by atomic mass is 10.1. The van der Waals surface area contributed by atoms with Crippen molar-refractivity contribution < 1.29 is 13.2 Å². The van der Waals surface area contributed by atoms with Gasteiger partial charge in [0.1, 0.15) is 0 Å². The van der Waals surface area contributed by atoms with Gasteiger partial charge in [-0.1, -0.05) is 30.3 Å². The molecule has 0 aliphatic carbocycles. The summed E-state index contributed by atoms with van der Waals surface area (Å²) in [5.74, 6) is 0.125. The van der Waals surface area contributed by atoms with Gasteiger partial charge < -0.3 is 9.47 Å². The number of aryl methyl sites for hydroxylation is 1. The highest BCUT2D eigenvalue weighted by molar-refractivity contribution is 7.91. The van der Waals surface area contributed by atoms with Gasteiger partial charge in [0.2, 0.25) is 0 Å². The van der Waals surface area contributed by atoms with Crippen LogP contribution in [0.15, 0.2) is 36.4 Å². The number of rotatable bonds is 4. The smallest absolute Gasteiger partial charge is 0.255 e. The van der Waals surface area contributed by atoms with Crippen LogP contribution in [0.3, 0.4) is 0 Å². The summed E-state index contributed by atoms with van der Waals surface area (Å²) in [6, 6.07) is 12.0. The molecule has 0 saturated carbocycles. The predicted octanol–water partition coefficient (Wildman–Crippen LogP) is 2.97. The molecule has 0 radical (unpaired) electrons. The van der Waals surface area contributed by atoms with Gasteiger partial charge in [-0.15, -0.1) is 0 Å². The zero-order valence-corrected chi connectivity index (χ0v) is 16.6. The summed E-state index contributed by atoms with van der Waals surface area (Å²) in [7, 11) is -1.31. The first-order valence-corrected chi connectivity index (χ1v) is 10.7. The zero-order chi connectivity index (χ0) is 19.1. The molecule has 1 aliphatic heterocycles. The molecule has 5 nitrogen and oxygen atoms in total. The molecule has 1 amide bonds. The minimum atomic E-state index is -3.02. The number of hydrogen-bond acceptors (Lipinski definition) is 3. The first-order valence-electron chi connectivity index (χ1n) is 8.92. The minimum absolute atomic E-state index is 0.0639. The Bertz CT molecular complexity index is 916. The van der Waals surface area contributed by atoms with Crippen molar-refractivity contribution in [1.29, 1.82) is 0 Å². The number of carbonyl (C=O) groups excluding carboxylic acids is 1. The van der Waals surface area contributed by atoms with Crippen LogP contribution in [0.2, 0.25) is 0 Å². The highest BCUT2D eigenvalue weighted by atomic mass is 32.2. The van der Waals surface area contributed by atoms with Crippen LogP contribution in [0, 0.1) is 13.8 Å². The molecule has 1 saturated heterocycles. The summed E-state index contributed by atoms with van der Waals surface area (Å²) in [4.78, 5) is 14.6. The number of benzene rings is 1. The average Bonchev–Trinajstić information content (AvgIpc) is 3.12. The molecular weight excluding hydrogens is 348 g/mol. The Morgan fingerprint density at radius 3 is 2.46 bits per heavy atom. The molecule has 2 heterocycles. The molecule has 0 spiro atoms. The molecule has 6 heteroatoms. The van der Waals surface area contributed by atoms with Gasteiger partial charge in [0.15, 0.2) is 9.84 Å². The van der Waals surface area contributed by atoms with Crippen LogP contribution in [0.1, 0.15) is 46.7 Å². The SMILES string of the molecule is Cc1cc(C(=O)N(C)[C@@H]2CCS(=O)(=O)C2)c(C)n1[C@@H](C)c1ccccc1. The van der Waals surface area contributed by atoms with Crippen molar-refractivity contribution in [1.82, 2.24) is 9.47 Å². The second-order valence-electron chi connectivity index (χ2n) is 7.21. The van der Waals surface area contributed by atoms with Crippen LogP contribution in [-0.4, -0.2) is 48.4 Å². The van der Waals surface area contributed by atoms with Crippen molar-refractivity contribution in [2.75, 3.05) is 18.6 Å². The third-order valence-corrected chi connectivity index (χ3v) is 7.21. The molecule has 26 heavy (non-hydrogen) atoms. The fourth-order valence-electron chi connectivity index (χ4n) is 3.91. The number of amides is 1. The van der Waals surface area contributed by atoms with E-state index < -0.39 is 9.84 Å². The fourth-order valence-corrected chi connectivity index (χ4v) is 5.68. The van der Waals surface area contributed by atoms with Crippen molar-refractivity contribution in [2.24, 2.45) is 0 Å². The van der Waals surface area contributed by atoms with Crippen molar-refractivity contribution in [2.45, 2.75) is 39.3 Å². The van der Waals surface area contributed by atoms with E-state index in [4.69, 9.17) is 0 Å². The summed E-state index contributed by atoms with van der Waals surface area (Å²) in [5, 5.41) is 0. The Balaban J connectivity index is 1.89. The van der Waals surface area contributed by atoms with Gasteiger partial charge in [-0.05, 0) is 38.8 Å². The molecular formula is C20H26N2O3S. The molecule has 1 fully saturated rings. The maximum absolute atomic E-state index is 13.0. The molecule has 0 unspecified atom stereocenters. The topological polar surface area (TPSA) is 59.4 Å². The Kier molecular flexibility index (Phi) is 4.97. The van der Waals surface area contributed by atoms with Crippen molar-refractivity contribution >= 4 is 15.7 Å². The van der Waals surface area contributed by atoms with Crippen LogP contribution < -0.4 is 0 Å². The fraction of sp³-hybridized carbons (Fsp3) is 0.450. The number of nitrogens with zero attached hydrogens (tertiary/aromatic N) is 2. The number of sulfone groups is 1. The minimum Gasteiger partial charge on any atom is -0.341 e. The van der Waals surface area contributed by atoms with E-state index in [-0.39, 0.29) is 29.5 Å². The summed E-state index contributed by atoms with van der Waals surface area (Å²) < 4.78 is 25.6. The molecule has 0 N–H and O–H groups in total. The third kappa shape index (κ3) is 3.43. The quantitative estimate of drug-likeness (QED) is 0.827. The van der Waals surface area contributed by atoms with Gasteiger partial charge in [-0.3, -0.25) is 4.79 Å². The lowest BCUT2D eigenvalue weighted by Gasteiger charge is -2.24. The van der Waals surface area contributed by atoms with Crippen LogP contribution in [0.5, 0.6) is 0 Å². The van der Waals surface area contributed by atoms with E-state index in [1.165, 1.54) is 5.56 Å². The Morgan fingerprint density at radius 1 is 1.23 bits per heavy atom. The van der Waals surface area contributed by atoms with Crippen LogP contribution in [0.4, 0.5) is 0 Å². The average molecular weight is 375 g/mol. The molecule has 2 aromatic rings. The number of aromatic nitrogens is 1. The van der Waals surface area contributed by atoms with E-state index in [0.29, 0.717) is 12.0 Å².